The number of nitrogens with zero attached hydrogens (tertiary/aromatic N) is 2. The molecule has 0 aliphatic rings. The molecule has 79 heavy (non-hydrogen) atoms. The summed E-state index contributed by atoms with van der Waals surface area (Å²) >= 11 is 2.58. The number of carbonyl (C=O) groups is 12. The van der Waals surface area contributed by atoms with E-state index >= 15 is 0 Å². The molecule has 0 spiro atoms. The van der Waals surface area contributed by atoms with E-state index in [-0.39, 0.29) is 63.3 Å². The van der Waals surface area contributed by atoms with Crippen molar-refractivity contribution in [2.75, 3.05) is 37.1 Å². The SMILES string of the molecule is CSCC[C@H](NC(=O)[C@H](CC(N)=O)NC(=O)[C@H](CCCN=C(N)N)NC(=O)[C@H](CCC(N)=O)NC(=O)[C@H](Cc1cnc[nH]1)NC(=O)[C@H](CCSC)NC(=O)[C@@H](N)CC(N)=O)C(=O)N[C@H](C(=O)N[C@@H](CCCCN)C(=O)O)[C@@H](C)O. The maximum Gasteiger partial charge on any atom is 0.326 e. The van der Waals surface area contributed by atoms with Gasteiger partial charge >= 0.3 is 5.97 Å². The Hall–Kier alpha value is -7.30. The van der Waals surface area contributed by atoms with Crippen LogP contribution in [0.2, 0.25) is 0 Å². The van der Waals surface area contributed by atoms with E-state index in [1.165, 1.54) is 36.0 Å². The smallest absolute Gasteiger partial charge is 0.326 e. The van der Waals surface area contributed by atoms with Crippen molar-refractivity contribution in [1.82, 2.24) is 52.5 Å². The number of hydrogen-bond donors (Lipinski definition) is 18. The molecule has 0 saturated heterocycles. The van der Waals surface area contributed by atoms with Crippen LogP contribution < -0.4 is 82.7 Å². The lowest BCUT2D eigenvalue weighted by Gasteiger charge is -2.28. The van der Waals surface area contributed by atoms with Gasteiger partial charge in [0.05, 0.1) is 31.3 Å². The number of rotatable bonds is 41. The first-order valence-corrected chi connectivity index (χ1v) is 27.7. The van der Waals surface area contributed by atoms with Crippen LogP contribution >= 0.6 is 23.5 Å². The standard InChI is InChI=1S/C45H78N18O14S2/c1-22(64)35(43(75)60-29(44(76)77)7-4-5-13-46)63-40(72)28(12-16-79-3)59-42(74)31(19-34(50)67)62-37(69)25(8-6-14-54-45(51)52)57-38(70)26(9-10-32(48)65)58-41(73)30(17-23-20-53-21-55-23)61-39(71)27(11-15-78-2)56-36(68)24(47)18-33(49)66/h20-22,24-31,35,64H,4-19,46-47H2,1-3H3,(H2,48,65)(H2,49,66)(H2,50,67)(H,53,55)(H,56,68)(H,57,70)(H,58,73)(H,59,74)(H,60,75)(H,61,71)(H,62,69)(H,63,72)(H,76,77)(H4,51,52,54)/t22-,24+,25+,26+,27+,28+,29+,30+,31+,35+/m1/s1. The number of carboxylic acids is 1. The average Bonchev–Trinajstić information content (AvgIpc) is 3.89. The Balaban J connectivity index is 3.62. The van der Waals surface area contributed by atoms with E-state index in [0.29, 0.717) is 24.3 Å². The number of thioether (sulfide) groups is 2. The Morgan fingerprint density at radius 1 is 0.582 bits per heavy atom. The maximum atomic E-state index is 14.2. The van der Waals surface area contributed by atoms with Crippen molar-refractivity contribution in [3.05, 3.63) is 18.2 Å². The van der Waals surface area contributed by atoms with Crippen molar-refractivity contribution in [2.45, 2.75) is 144 Å². The van der Waals surface area contributed by atoms with Crippen LogP contribution in [0.25, 0.3) is 0 Å². The fraction of sp³-hybridized carbons (Fsp3) is 0.644. The van der Waals surface area contributed by atoms with Crippen LogP contribution in [-0.2, 0) is 64.0 Å². The molecule has 25 N–H and O–H groups in total. The number of H-pyrrole nitrogens is 1. The van der Waals surface area contributed by atoms with Gasteiger partial charge in [-0.1, -0.05) is 0 Å². The van der Waals surface area contributed by atoms with E-state index < -0.39 is 157 Å². The number of aliphatic hydroxyl groups excluding tert-OH is 1. The number of guanidine groups is 1. The highest BCUT2D eigenvalue weighted by molar-refractivity contribution is 7.98. The van der Waals surface area contributed by atoms with Gasteiger partial charge in [0.2, 0.25) is 65.0 Å². The van der Waals surface area contributed by atoms with Crippen molar-refractivity contribution >= 4 is 100 Å². The number of aliphatic imine (C=N–C) groups is 1. The molecule has 32 nitrogen and oxygen atoms in total. The number of aromatic nitrogens is 2. The zero-order valence-corrected chi connectivity index (χ0v) is 45.9. The zero-order valence-electron chi connectivity index (χ0n) is 44.3. The van der Waals surface area contributed by atoms with E-state index in [2.05, 4.69) is 57.5 Å². The third-order valence-electron chi connectivity index (χ3n) is 11.4. The third kappa shape index (κ3) is 28.2. The first-order chi connectivity index (χ1) is 37.2. The van der Waals surface area contributed by atoms with Crippen LogP contribution in [-0.4, -0.2) is 195 Å². The molecule has 444 valence electrons. The number of nitrogens with two attached hydrogens (primary N) is 7. The monoisotopic (exact) mass is 1160 g/mol. The minimum Gasteiger partial charge on any atom is -0.480 e. The lowest BCUT2D eigenvalue weighted by Crippen LogP contribution is -2.61. The number of hydrogen-bond acceptors (Lipinski definition) is 19. The largest absolute Gasteiger partial charge is 0.480 e. The molecule has 0 aromatic carbocycles. The molecule has 1 rings (SSSR count). The molecule has 0 fully saturated rings. The maximum absolute atomic E-state index is 14.2. The van der Waals surface area contributed by atoms with Crippen LogP contribution in [0.1, 0.15) is 83.2 Å². The second kappa shape index (κ2) is 37.5. The number of amides is 11. The molecule has 11 amide bonds. The summed E-state index contributed by atoms with van der Waals surface area (Å²) in [5.74, 6) is -12.2. The predicted octanol–water partition coefficient (Wildman–Crippen LogP) is -7.67. The number of primary amides is 3. The Kier molecular flexibility index (Phi) is 33.1. The van der Waals surface area contributed by atoms with Crippen LogP contribution in [0.4, 0.5) is 0 Å². The van der Waals surface area contributed by atoms with Gasteiger partial charge in [0, 0.05) is 31.3 Å². The Morgan fingerprint density at radius 3 is 1.51 bits per heavy atom. The van der Waals surface area contributed by atoms with Crippen LogP contribution in [0, 0.1) is 0 Å². The van der Waals surface area contributed by atoms with Gasteiger partial charge in [0.15, 0.2) is 5.96 Å². The number of unbranched alkanes of at least 4 members (excludes halogenated alkanes) is 1. The van der Waals surface area contributed by atoms with E-state index in [4.69, 9.17) is 40.1 Å². The summed E-state index contributed by atoms with van der Waals surface area (Å²) < 4.78 is 0. The summed E-state index contributed by atoms with van der Waals surface area (Å²) in [4.78, 5) is 169. The van der Waals surface area contributed by atoms with E-state index in [0.717, 1.165) is 6.92 Å². The molecule has 0 radical (unpaired) electrons. The Labute approximate surface area is 464 Å². The predicted molar refractivity (Wildman–Crippen MR) is 290 cm³/mol. The van der Waals surface area contributed by atoms with E-state index in [1.807, 2.05) is 0 Å². The zero-order chi connectivity index (χ0) is 59.8. The van der Waals surface area contributed by atoms with Gasteiger partial charge in [-0.2, -0.15) is 23.5 Å². The van der Waals surface area contributed by atoms with Gasteiger partial charge in [-0.05, 0) is 88.9 Å². The van der Waals surface area contributed by atoms with Crippen LogP contribution in [0.3, 0.4) is 0 Å². The minimum atomic E-state index is -1.84. The van der Waals surface area contributed by atoms with Gasteiger partial charge < -0.3 is 97.9 Å². The van der Waals surface area contributed by atoms with Crippen molar-refractivity contribution in [2.24, 2.45) is 45.1 Å². The molecule has 0 aliphatic heterocycles. The summed E-state index contributed by atoms with van der Waals surface area (Å²) in [7, 11) is 0. The number of nitrogens with one attached hydrogen (secondary N) is 9. The van der Waals surface area contributed by atoms with Crippen molar-refractivity contribution in [3.8, 4) is 0 Å². The minimum absolute atomic E-state index is 0.0100. The summed E-state index contributed by atoms with van der Waals surface area (Å²) in [6.45, 7) is 1.33. The molecular formula is C45H78N18O14S2. The Morgan fingerprint density at radius 2 is 1.04 bits per heavy atom. The molecule has 0 saturated carbocycles. The summed E-state index contributed by atoms with van der Waals surface area (Å²) in [6, 6.07) is -14.0. The lowest BCUT2D eigenvalue weighted by atomic mass is 10.0. The van der Waals surface area contributed by atoms with Gasteiger partial charge in [0.1, 0.15) is 48.3 Å². The quantitative estimate of drug-likeness (QED) is 0.0164. The molecule has 1 aromatic heterocycles. The summed E-state index contributed by atoms with van der Waals surface area (Å²) in [6.07, 6.45) is 2.24. The van der Waals surface area contributed by atoms with Crippen molar-refractivity contribution in [1.29, 1.82) is 0 Å². The molecule has 0 aliphatic carbocycles. The average molecular weight is 1160 g/mol. The second-order valence-electron chi connectivity index (χ2n) is 18.0. The normalized spacial score (nSPS) is 14.8. The summed E-state index contributed by atoms with van der Waals surface area (Å²) in [5, 5.41) is 39.5. The van der Waals surface area contributed by atoms with Crippen molar-refractivity contribution in [3.63, 3.8) is 0 Å². The first kappa shape index (κ1) is 69.7. The fourth-order valence-electron chi connectivity index (χ4n) is 7.19. The fourth-order valence-corrected chi connectivity index (χ4v) is 8.14. The molecule has 10 atom stereocenters. The van der Waals surface area contributed by atoms with Gasteiger partial charge in [-0.15, -0.1) is 0 Å². The number of carboxylic acid groups (broad SMARTS) is 1. The highest BCUT2D eigenvalue weighted by Crippen LogP contribution is 2.11. The van der Waals surface area contributed by atoms with E-state index in [1.54, 1.807) is 12.5 Å². The van der Waals surface area contributed by atoms with Gasteiger partial charge in [-0.25, -0.2) is 9.78 Å². The molecule has 1 aromatic rings. The molecular weight excluding hydrogens is 1080 g/mol. The number of carbonyl (C=O) groups excluding carboxylic acids is 11. The van der Waals surface area contributed by atoms with Gasteiger partial charge in [0.25, 0.3) is 0 Å². The van der Waals surface area contributed by atoms with Crippen molar-refractivity contribution < 1.29 is 67.7 Å². The molecule has 34 heteroatoms. The number of imidazole rings is 1. The lowest BCUT2D eigenvalue weighted by molar-refractivity contribution is -0.143. The van der Waals surface area contributed by atoms with E-state index in [9.17, 15) is 67.7 Å². The summed E-state index contributed by atoms with van der Waals surface area (Å²) in [5.41, 5.74) is 38.7. The highest BCUT2D eigenvalue weighted by atomic mass is 32.2. The second-order valence-corrected chi connectivity index (χ2v) is 20.0. The van der Waals surface area contributed by atoms with Crippen LogP contribution in [0.5, 0.6) is 0 Å². The molecule has 0 unspecified atom stereocenters. The first-order valence-electron chi connectivity index (χ1n) is 24.9. The number of aliphatic hydroxyl groups is 1. The van der Waals surface area contributed by atoms with Crippen LogP contribution in [0.15, 0.2) is 17.5 Å². The molecule has 0 bridgehead atoms. The third-order valence-corrected chi connectivity index (χ3v) is 12.7. The highest BCUT2D eigenvalue weighted by Gasteiger charge is 2.36. The molecule has 1 heterocycles. The number of aromatic amines is 1. The van der Waals surface area contributed by atoms with Gasteiger partial charge in [-0.3, -0.25) is 57.7 Å². The Bertz CT molecular complexity index is 2240. The number of aliphatic carboxylic acids is 1. The topological polar surface area (TPSA) is 565 Å².